The average molecular weight is 396 g/mol. The standard InChI is InChI=1S/C22H25N3O4/c1-25(2,3)14-21(26)24-23-19(15-9-11-16(28-4)12-10-15)13-20-17-7-5-6-8-18(17)22(27)29-20/h5-12,20H,13-14H2,1-4H3/p+1/b23-19-/t20-/m0/s1. The molecular formula is C22H26N3O4+. The van der Waals surface area contributed by atoms with E-state index in [2.05, 4.69) is 10.5 Å². The Bertz CT molecular complexity index is 930. The van der Waals surface area contributed by atoms with E-state index < -0.39 is 6.10 Å². The highest BCUT2D eigenvalue weighted by molar-refractivity contribution is 6.02. The minimum Gasteiger partial charge on any atom is -0.497 e. The van der Waals surface area contributed by atoms with Crippen molar-refractivity contribution in [3.05, 3.63) is 65.2 Å². The lowest BCUT2D eigenvalue weighted by Crippen LogP contribution is -2.43. The van der Waals surface area contributed by atoms with Crippen LogP contribution in [0.15, 0.2) is 53.6 Å². The van der Waals surface area contributed by atoms with Crippen molar-refractivity contribution < 1.29 is 23.5 Å². The third kappa shape index (κ3) is 5.20. The summed E-state index contributed by atoms with van der Waals surface area (Å²) in [5.74, 6) is 0.195. The van der Waals surface area contributed by atoms with E-state index in [9.17, 15) is 9.59 Å². The lowest BCUT2D eigenvalue weighted by Gasteiger charge is -2.22. The zero-order valence-electron chi connectivity index (χ0n) is 17.1. The third-order valence-electron chi connectivity index (χ3n) is 4.51. The summed E-state index contributed by atoms with van der Waals surface area (Å²) in [6, 6.07) is 14.7. The second-order valence-corrected chi connectivity index (χ2v) is 7.96. The van der Waals surface area contributed by atoms with Gasteiger partial charge in [0.05, 0.1) is 39.5 Å². The maximum absolute atomic E-state index is 12.2. The Labute approximate surface area is 170 Å². The summed E-state index contributed by atoms with van der Waals surface area (Å²) in [5.41, 5.74) is 5.48. The number of likely N-dealkylation sites (N-methyl/N-ethyl adjacent to an activating group) is 1. The normalized spacial score (nSPS) is 16.2. The number of cyclic esters (lactones) is 1. The van der Waals surface area contributed by atoms with Gasteiger partial charge in [-0.2, -0.15) is 5.10 Å². The molecule has 0 saturated heterocycles. The zero-order valence-corrected chi connectivity index (χ0v) is 17.1. The Morgan fingerprint density at radius 2 is 1.83 bits per heavy atom. The predicted molar refractivity (Wildman–Crippen MR) is 110 cm³/mol. The van der Waals surface area contributed by atoms with E-state index in [1.54, 1.807) is 13.2 Å². The van der Waals surface area contributed by atoms with E-state index in [1.807, 2.05) is 63.6 Å². The van der Waals surface area contributed by atoms with Gasteiger partial charge in [0.15, 0.2) is 6.54 Å². The Morgan fingerprint density at radius 1 is 1.14 bits per heavy atom. The van der Waals surface area contributed by atoms with Gasteiger partial charge in [-0.3, -0.25) is 4.79 Å². The fourth-order valence-electron chi connectivity index (χ4n) is 3.15. The first kappa shape index (κ1) is 20.5. The van der Waals surface area contributed by atoms with Crippen LogP contribution in [0, 0.1) is 0 Å². The molecule has 3 rings (SSSR count). The number of nitrogens with one attached hydrogen (secondary N) is 1. The van der Waals surface area contributed by atoms with Crippen LogP contribution in [-0.4, -0.2) is 56.9 Å². The van der Waals surface area contributed by atoms with Crippen LogP contribution in [0.4, 0.5) is 0 Å². The number of hydrazone groups is 1. The van der Waals surface area contributed by atoms with E-state index >= 15 is 0 Å². The Balaban J connectivity index is 1.86. The van der Waals surface area contributed by atoms with Gasteiger partial charge in [-0.05, 0) is 35.9 Å². The molecule has 0 aliphatic carbocycles. The second-order valence-electron chi connectivity index (χ2n) is 7.96. The molecule has 1 amide bonds. The molecule has 152 valence electrons. The number of benzene rings is 2. The second kappa shape index (κ2) is 8.45. The number of fused-ring (bicyclic) bond motifs is 1. The fourth-order valence-corrected chi connectivity index (χ4v) is 3.15. The molecule has 2 aromatic rings. The molecule has 1 atom stereocenters. The summed E-state index contributed by atoms with van der Waals surface area (Å²) in [4.78, 5) is 24.4. The Kier molecular flexibility index (Phi) is 5.98. The van der Waals surface area contributed by atoms with E-state index in [0.29, 0.717) is 28.7 Å². The van der Waals surface area contributed by atoms with Crippen LogP contribution in [0.3, 0.4) is 0 Å². The van der Waals surface area contributed by atoms with Crippen LogP contribution in [-0.2, 0) is 9.53 Å². The molecule has 0 spiro atoms. The van der Waals surface area contributed by atoms with Gasteiger partial charge in [0.2, 0.25) is 0 Å². The van der Waals surface area contributed by atoms with Crippen LogP contribution < -0.4 is 10.2 Å². The van der Waals surface area contributed by atoms with Crippen molar-refractivity contribution in [3.63, 3.8) is 0 Å². The number of amides is 1. The van der Waals surface area contributed by atoms with E-state index in [0.717, 1.165) is 16.9 Å². The maximum atomic E-state index is 12.2. The third-order valence-corrected chi connectivity index (χ3v) is 4.51. The van der Waals surface area contributed by atoms with Gasteiger partial charge in [0.25, 0.3) is 5.91 Å². The van der Waals surface area contributed by atoms with Gasteiger partial charge in [0, 0.05) is 12.0 Å². The number of rotatable bonds is 7. The molecular weight excluding hydrogens is 370 g/mol. The van der Waals surface area contributed by atoms with Crippen LogP contribution in [0.5, 0.6) is 5.75 Å². The van der Waals surface area contributed by atoms with Crippen LogP contribution >= 0.6 is 0 Å². The first-order chi connectivity index (χ1) is 13.8. The summed E-state index contributed by atoms with van der Waals surface area (Å²) in [6.45, 7) is 0.292. The summed E-state index contributed by atoms with van der Waals surface area (Å²) in [6.07, 6.45) is -0.102. The minimum atomic E-state index is -0.449. The van der Waals surface area contributed by atoms with Gasteiger partial charge < -0.3 is 14.0 Å². The topological polar surface area (TPSA) is 77.0 Å². The van der Waals surface area contributed by atoms with Gasteiger partial charge in [-0.25, -0.2) is 10.2 Å². The molecule has 0 saturated carbocycles. The molecule has 0 bridgehead atoms. The highest BCUT2D eigenvalue weighted by Crippen LogP contribution is 2.34. The molecule has 2 aromatic carbocycles. The number of carbonyl (C=O) groups excluding carboxylic acids is 2. The quantitative estimate of drug-likeness (QED) is 0.338. The highest BCUT2D eigenvalue weighted by Gasteiger charge is 2.31. The van der Waals surface area contributed by atoms with Gasteiger partial charge >= 0.3 is 5.97 Å². The molecule has 7 nitrogen and oxygen atoms in total. The van der Waals surface area contributed by atoms with Crippen molar-refractivity contribution in [1.29, 1.82) is 0 Å². The Morgan fingerprint density at radius 3 is 2.48 bits per heavy atom. The molecule has 0 fully saturated rings. The number of ether oxygens (including phenoxy) is 2. The van der Waals surface area contributed by atoms with E-state index in [4.69, 9.17) is 9.47 Å². The molecule has 1 aliphatic heterocycles. The molecule has 0 aromatic heterocycles. The van der Waals surface area contributed by atoms with E-state index in [1.165, 1.54) is 0 Å². The lowest BCUT2D eigenvalue weighted by atomic mass is 9.98. The smallest absolute Gasteiger partial charge is 0.339 e. The number of hydrogen-bond donors (Lipinski definition) is 1. The van der Waals surface area contributed by atoms with Gasteiger partial charge in [-0.1, -0.05) is 18.2 Å². The highest BCUT2D eigenvalue weighted by atomic mass is 16.5. The average Bonchev–Trinajstić information content (AvgIpc) is 3.00. The van der Waals surface area contributed by atoms with Crippen LogP contribution in [0.2, 0.25) is 0 Å². The molecule has 1 heterocycles. The first-order valence-electron chi connectivity index (χ1n) is 9.37. The largest absolute Gasteiger partial charge is 0.497 e. The van der Waals surface area contributed by atoms with Gasteiger partial charge in [-0.15, -0.1) is 0 Å². The number of methoxy groups -OCH3 is 1. The maximum Gasteiger partial charge on any atom is 0.339 e. The molecule has 29 heavy (non-hydrogen) atoms. The molecule has 0 unspecified atom stereocenters. The van der Waals surface area contributed by atoms with Crippen molar-refractivity contribution in [2.45, 2.75) is 12.5 Å². The summed E-state index contributed by atoms with van der Waals surface area (Å²) in [7, 11) is 7.40. The summed E-state index contributed by atoms with van der Waals surface area (Å²) < 4.78 is 11.3. The van der Waals surface area contributed by atoms with Crippen molar-refractivity contribution in [2.24, 2.45) is 5.10 Å². The first-order valence-corrected chi connectivity index (χ1v) is 9.37. The number of carbonyl (C=O) groups is 2. The summed E-state index contributed by atoms with van der Waals surface area (Å²) >= 11 is 0. The number of nitrogens with zero attached hydrogens (tertiary/aromatic N) is 2. The van der Waals surface area contributed by atoms with E-state index in [-0.39, 0.29) is 11.9 Å². The summed E-state index contributed by atoms with van der Waals surface area (Å²) in [5, 5.41) is 4.37. The SMILES string of the molecule is COc1ccc(/C(C[C@@H]2OC(=O)c3ccccc32)=N\NC(=O)C[N+](C)(C)C)cc1. The zero-order chi connectivity index (χ0) is 21.0. The van der Waals surface area contributed by atoms with Gasteiger partial charge in [0.1, 0.15) is 11.9 Å². The monoisotopic (exact) mass is 396 g/mol. The molecule has 7 heteroatoms. The van der Waals surface area contributed by atoms with Crippen molar-refractivity contribution in [1.82, 2.24) is 5.43 Å². The van der Waals surface area contributed by atoms with Crippen LogP contribution in [0.25, 0.3) is 0 Å². The fraction of sp³-hybridized carbons (Fsp3) is 0.318. The number of hydrogen-bond acceptors (Lipinski definition) is 5. The molecule has 1 N–H and O–H groups in total. The number of esters is 1. The Hall–Kier alpha value is -3.19. The van der Waals surface area contributed by atoms with Crippen molar-refractivity contribution in [3.8, 4) is 5.75 Å². The molecule has 1 aliphatic rings. The van der Waals surface area contributed by atoms with Crippen molar-refractivity contribution in [2.75, 3.05) is 34.8 Å². The lowest BCUT2D eigenvalue weighted by molar-refractivity contribution is -0.862. The predicted octanol–water partition coefficient (Wildman–Crippen LogP) is 2.52. The van der Waals surface area contributed by atoms with Crippen LogP contribution in [0.1, 0.15) is 34.0 Å². The molecule has 0 radical (unpaired) electrons. The van der Waals surface area contributed by atoms with Crippen molar-refractivity contribution >= 4 is 17.6 Å². The number of quaternary nitrogens is 1. The minimum absolute atomic E-state index is 0.188.